The van der Waals surface area contributed by atoms with Gasteiger partial charge >= 0.3 is 0 Å². The second-order valence-corrected chi connectivity index (χ2v) is 4.93. The summed E-state index contributed by atoms with van der Waals surface area (Å²) < 4.78 is 10.8. The summed E-state index contributed by atoms with van der Waals surface area (Å²) in [6.45, 7) is 1.95. The number of hydrazine groups is 1. The summed E-state index contributed by atoms with van der Waals surface area (Å²) in [6, 6.07) is 3.79. The lowest BCUT2D eigenvalue weighted by atomic mass is 9.63. The van der Waals surface area contributed by atoms with Crippen LogP contribution in [-0.4, -0.2) is 20.1 Å². The van der Waals surface area contributed by atoms with E-state index in [1.165, 1.54) is 0 Å². The van der Waals surface area contributed by atoms with Crippen molar-refractivity contribution in [3.63, 3.8) is 0 Å². The van der Waals surface area contributed by atoms with Crippen LogP contribution in [0.25, 0.3) is 0 Å². The Bertz CT molecular complexity index is 496. The van der Waals surface area contributed by atoms with Gasteiger partial charge in [-0.3, -0.25) is 10.2 Å². The van der Waals surface area contributed by atoms with Crippen LogP contribution in [0.5, 0.6) is 11.5 Å². The van der Waals surface area contributed by atoms with Crippen LogP contribution in [0.4, 0.5) is 0 Å². The van der Waals surface area contributed by atoms with Crippen LogP contribution in [0.15, 0.2) is 12.1 Å². The molecule has 0 aromatic heterocycles. The third kappa shape index (κ3) is 2.04. The first kappa shape index (κ1) is 13.7. The number of aryl methyl sites for hydroxylation is 1. The number of hydrogen-bond donors (Lipinski definition) is 2. The highest BCUT2D eigenvalue weighted by Gasteiger charge is 2.47. The Morgan fingerprint density at radius 2 is 1.89 bits per heavy atom. The van der Waals surface area contributed by atoms with E-state index in [9.17, 15) is 4.79 Å². The van der Waals surface area contributed by atoms with Gasteiger partial charge in [-0.2, -0.15) is 0 Å². The van der Waals surface area contributed by atoms with E-state index in [0.29, 0.717) is 5.75 Å². The van der Waals surface area contributed by atoms with Gasteiger partial charge in [0.25, 0.3) is 0 Å². The lowest BCUT2D eigenvalue weighted by Crippen LogP contribution is -2.51. The summed E-state index contributed by atoms with van der Waals surface area (Å²) in [6.07, 6.45) is 2.56. The van der Waals surface area contributed by atoms with Crippen LogP contribution in [-0.2, 0) is 10.2 Å². The Labute approximate surface area is 113 Å². The van der Waals surface area contributed by atoms with Crippen molar-refractivity contribution in [1.29, 1.82) is 0 Å². The minimum absolute atomic E-state index is 0.164. The number of nitrogens with two attached hydrogens (primary N) is 1. The van der Waals surface area contributed by atoms with E-state index in [2.05, 4.69) is 5.43 Å². The van der Waals surface area contributed by atoms with E-state index in [-0.39, 0.29) is 5.91 Å². The van der Waals surface area contributed by atoms with Gasteiger partial charge in [0.05, 0.1) is 19.6 Å². The van der Waals surface area contributed by atoms with Crippen molar-refractivity contribution in [2.45, 2.75) is 31.6 Å². The highest BCUT2D eigenvalue weighted by Crippen LogP contribution is 2.48. The van der Waals surface area contributed by atoms with Gasteiger partial charge in [0.2, 0.25) is 5.91 Å². The maximum absolute atomic E-state index is 12.1. The van der Waals surface area contributed by atoms with Crippen LogP contribution >= 0.6 is 0 Å². The molecule has 0 unspecified atom stereocenters. The van der Waals surface area contributed by atoms with E-state index < -0.39 is 5.41 Å². The normalized spacial score (nSPS) is 16.4. The molecule has 3 N–H and O–H groups in total. The van der Waals surface area contributed by atoms with Gasteiger partial charge in [0.1, 0.15) is 11.5 Å². The molecule has 19 heavy (non-hydrogen) atoms. The smallest absolute Gasteiger partial charge is 0.244 e. The van der Waals surface area contributed by atoms with E-state index in [1.807, 2.05) is 19.1 Å². The Hall–Kier alpha value is -1.75. The van der Waals surface area contributed by atoms with Crippen LogP contribution in [0.2, 0.25) is 0 Å². The molecule has 0 spiro atoms. The highest BCUT2D eigenvalue weighted by molar-refractivity contribution is 5.89. The molecule has 2 rings (SSSR count). The molecule has 0 heterocycles. The van der Waals surface area contributed by atoms with Gasteiger partial charge in [0, 0.05) is 5.56 Å². The third-order valence-corrected chi connectivity index (χ3v) is 4.01. The molecule has 1 fully saturated rings. The van der Waals surface area contributed by atoms with Crippen molar-refractivity contribution in [3.05, 3.63) is 23.3 Å². The third-order valence-electron chi connectivity index (χ3n) is 4.01. The predicted octanol–water partition coefficient (Wildman–Crippen LogP) is 1.42. The van der Waals surface area contributed by atoms with Gasteiger partial charge in [-0.05, 0) is 37.5 Å². The topological polar surface area (TPSA) is 73.6 Å². The van der Waals surface area contributed by atoms with E-state index >= 15 is 0 Å². The summed E-state index contributed by atoms with van der Waals surface area (Å²) in [5, 5.41) is 0. The Morgan fingerprint density at radius 3 is 2.32 bits per heavy atom. The van der Waals surface area contributed by atoms with Crippen molar-refractivity contribution in [1.82, 2.24) is 5.43 Å². The van der Waals surface area contributed by atoms with E-state index in [1.54, 1.807) is 14.2 Å². The van der Waals surface area contributed by atoms with Crippen molar-refractivity contribution >= 4 is 5.91 Å². The van der Waals surface area contributed by atoms with Crippen LogP contribution < -0.4 is 20.7 Å². The van der Waals surface area contributed by atoms with Crippen LogP contribution in [0, 0.1) is 6.92 Å². The molecule has 1 aliphatic carbocycles. The molecule has 1 amide bonds. The molecular formula is C14H20N2O3. The molecule has 1 aliphatic rings. The first-order valence-electron chi connectivity index (χ1n) is 6.33. The molecule has 0 atom stereocenters. The monoisotopic (exact) mass is 264 g/mol. The molecular weight excluding hydrogens is 244 g/mol. The van der Waals surface area contributed by atoms with Gasteiger partial charge < -0.3 is 9.47 Å². The van der Waals surface area contributed by atoms with Gasteiger partial charge in [-0.1, -0.05) is 6.42 Å². The zero-order chi connectivity index (χ0) is 14.0. The summed E-state index contributed by atoms with van der Waals surface area (Å²) in [7, 11) is 3.23. The lowest BCUT2D eigenvalue weighted by Gasteiger charge is -2.41. The molecule has 1 aromatic carbocycles. The first-order chi connectivity index (χ1) is 9.08. The van der Waals surface area contributed by atoms with Gasteiger partial charge in [-0.15, -0.1) is 0 Å². The number of nitrogens with one attached hydrogen (secondary N) is 1. The fourth-order valence-corrected chi connectivity index (χ4v) is 2.71. The quantitative estimate of drug-likeness (QED) is 0.490. The highest BCUT2D eigenvalue weighted by atomic mass is 16.5. The molecule has 1 aromatic rings. The lowest BCUT2D eigenvalue weighted by molar-refractivity contribution is -0.130. The molecule has 5 nitrogen and oxygen atoms in total. The first-order valence-corrected chi connectivity index (χ1v) is 6.33. The maximum Gasteiger partial charge on any atom is 0.244 e. The molecule has 0 bridgehead atoms. The molecule has 1 saturated carbocycles. The SMILES string of the molecule is COc1cc(C2(C(=O)NN)CCC2)c(OC)cc1C. The van der Waals surface area contributed by atoms with Crippen molar-refractivity contribution < 1.29 is 14.3 Å². The molecule has 0 radical (unpaired) electrons. The molecule has 5 heteroatoms. The van der Waals surface area contributed by atoms with E-state index in [0.717, 1.165) is 36.1 Å². The number of hydrogen-bond acceptors (Lipinski definition) is 4. The Balaban J connectivity index is 2.56. The molecule has 104 valence electrons. The van der Waals surface area contributed by atoms with Crippen molar-refractivity contribution in [3.8, 4) is 11.5 Å². The second-order valence-electron chi connectivity index (χ2n) is 4.93. The summed E-state index contributed by atoms with van der Waals surface area (Å²) >= 11 is 0. The number of methoxy groups -OCH3 is 2. The minimum Gasteiger partial charge on any atom is -0.496 e. The fourth-order valence-electron chi connectivity index (χ4n) is 2.71. The number of ether oxygens (including phenoxy) is 2. The largest absolute Gasteiger partial charge is 0.496 e. The van der Waals surface area contributed by atoms with Crippen LogP contribution in [0.3, 0.4) is 0 Å². The average Bonchev–Trinajstić information content (AvgIpc) is 2.38. The van der Waals surface area contributed by atoms with Crippen molar-refractivity contribution in [2.75, 3.05) is 14.2 Å². The Morgan fingerprint density at radius 1 is 1.26 bits per heavy atom. The molecule has 0 aliphatic heterocycles. The molecule has 0 saturated heterocycles. The number of carbonyl (C=O) groups is 1. The maximum atomic E-state index is 12.1. The standard InChI is InChI=1S/C14H20N2O3/c1-9-7-12(19-3)10(8-11(9)18-2)14(5-4-6-14)13(17)16-15/h7-8H,4-6,15H2,1-3H3,(H,16,17). The van der Waals surface area contributed by atoms with Crippen molar-refractivity contribution in [2.24, 2.45) is 5.84 Å². The zero-order valence-corrected chi connectivity index (χ0v) is 11.6. The number of amides is 1. The summed E-state index contributed by atoms with van der Waals surface area (Å²) in [5.74, 6) is 6.63. The van der Waals surface area contributed by atoms with Gasteiger partial charge in [0.15, 0.2) is 0 Å². The van der Waals surface area contributed by atoms with Crippen LogP contribution in [0.1, 0.15) is 30.4 Å². The van der Waals surface area contributed by atoms with E-state index in [4.69, 9.17) is 15.3 Å². The summed E-state index contributed by atoms with van der Waals surface area (Å²) in [4.78, 5) is 12.1. The number of benzene rings is 1. The van der Waals surface area contributed by atoms with Gasteiger partial charge in [-0.25, -0.2) is 5.84 Å². The second kappa shape index (κ2) is 5.09. The minimum atomic E-state index is -0.582. The fraction of sp³-hybridized carbons (Fsp3) is 0.500. The average molecular weight is 264 g/mol. The number of rotatable bonds is 4. The number of carbonyl (C=O) groups excluding carboxylic acids is 1. The summed E-state index contributed by atoms with van der Waals surface area (Å²) in [5.41, 5.74) is 3.52. The predicted molar refractivity (Wildman–Crippen MR) is 72.1 cm³/mol. The Kier molecular flexibility index (Phi) is 3.66. The zero-order valence-electron chi connectivity index (χ0n) is 11.6.